The fourth-order valence-corrected chi connectivity index (χ4v) is 2.93. The van der Waals surface area contributed by atoms with Gasteiger partial charge in [0.1, 0.15) is 17.3 Å². The van der Waals surface area contributed by atoms with Crippen LogP contribution in [0.2, 0.25) is 0 Å². The normalized spacial score (nSPS) is 10.9. The number of hydrogen-bond donors (Lipinski definition) is 2. The molecule has 31 heavy (non-hydrogen) atoms. The fraction of sp³-hybridized carbons (Fsp3) is 0.174. The van der Waals surface area contributed by atoms with Gasteiger partial charge in [0.25, 0.3) is 0 Å². The summed E-state index contributed by atoms with van der Waals surface area (Å²) in [5.74, 6) is 1.53. The van der Waals surface area contributed by atoms with E-state index in [9.17, 15) is 4.79 Å². The van der Waals surface area contributed by atoms with Gasteiger partial charge in [-0.25, -0.2) is 9.98 Å². The first-order valence-electron chi connectivity index (χ1n) is 9.57. The minimum Gasteiger partial charge on any atom is -0.496 e. The van der Waals surface area contributed by atoms with E-state index in [1.54, 1.807) is 20.4 Å². The van der Waals surface area contributed by atoms with Gasteiger partial charge in [-0.05, 0) is 29.8 Å². The summed E-state index contributed by atoms with van der Waals surface area (Å²) in [4.78, 5) is 25.2. The van der Waals surface area contributed by atoms with Gasteiger partial charge in [-0.2, -0.15) is 5.48 Å². The first kappa shape index (κ1) is 21.6. The highest BCUT2D eigenvalue weighted by Gasteiger charge is 2.12. The Morgan fingerprint density at radius 2 is 1.68 bits per heavy atom. The highest BCUT2D eigenvalue weighted by atomic mass is 16.7. The smallest absolute Gasteiger partial charge is 0.329 e. The number of aliphatic imine (C=N–C) groups is 1. The number of benzene rings is 2. The summed E-state index contributed by atoms with van der Waals surface area (Å²) < 4.78 is 10.9. The minimum atomic E-state index is -0.506. The van der Waals surface area contributed by atoms with Crippen LogP contribution in [0.1, 0.15) is 12.5 Å². The maximum atomic E-state index is 11.3. The molecule has 0 atom stereocenters. The van der Waals surface area contributed by atoms with Crippen LogP contribution >= 0.6 is 0 Å². The number of carbonyl (C=O) groups excluding carboxylic acids is 1. The SMILES string of the molecule is COc1cccc(OC)c1CN=C(NOC(C)=O)Nc1ncccc1-c1ccccc1. The van der Waals surface area contributed by atoms with Gasteiger partial charge < -0.3 is 19.6 Å². The Morgan fingerprint density at radius 1 is 0.968 bits per heavy atom. The van der Waals surface area contributed by atoms with Gasteiger partial charge in [-0.15, -0.1) is 0 Å². The Balaban J connectivity index is 1.92. The Kier molecular flexibility index (Phi) is 7.42. The van der Waals surface area contributed by atoms with Crippen LogP contribution in [-0.2, 0) is 16.2 Å². The van der Waals surface area contributed by atoms with Gasteiger partial charge >= 0.3 is 5.97 Å². The number of hydroxylamine groups is 1. The zero-order chi connectivity index (χ0) is 22.1. The molecule has 1 aromatic heterocycles. The van der Waals surface area contributed by atoms with Crippen LogP contribution in [0.3, 0.4) is 0 Å². The van der Waals surface area contributed by atoms with Gasteiger partial charge in [-0.3, -0.25) is 4.79 Å². The molecule has 8 heteroatoms. The fourth-order valence-electron chi connectivity index (χ4n) is 2.93. The van der Waals surface area contributed by atoms with Crippen molar-refractivity contribution < 1.29 is 19.1 Å². The predicted molar refractivity (Wildman–Crippen MR) is 119 cm³/mol. The summed E-state index contributed by atoms with van der Waals surface area (Å²) in [5.41, 5.74) is 5.16. The van der Waals surface area contributed by atoms with Gasteiger partial charge in [-0.1, -0.05) is 36.4 Å². The predicted octanol–water partition coefficient (Wildman–Crippen LogP) is 3.80. The van der Waals surface area contributed by atoms with Crippen LogP contribution in [0.25, 0.3) is 11.1 Å². The van der Waals surface area contributed by atoms with Crippen molar-refractivity contribution in [3.05, 3.63) is 72.4 Å². The third kappa shape index (κ3) is 5.72. The van der Waals surface area contributed by atoms with Crippen LogP contribution in [0.15, 0.2) is 71.9 Å². The van der Waals surface area contributed by atoms with Crippen LogP contribution in [0.4, 0.5) is 5.82 Å². The molecule has 0 saturated heterocycles. The largest absolute Gasteiger partial charge is 0.496 e. The average molecular weight is 420 g/mol. The van der Waals surface area contributed by atoms with E-state index in [0.29, 0.717) is 17.3 Å². The monoisotopic (exact) mass is 420 g/mol. The lowest BCUT2D eigenvalue weighted by Crippen LogP contribution is -2.33. The molecule has 0 aliphatic rings. The third-order valence-electron chi connectivity index (χ3n) is 4.35. The topological polar surface area (TPSA) is 94.1 Å². The van der Waals surface area contributed by atoms with E-state index in [-0.39, 0.29) is 12.5 Å². The van der Waals surface area contributed by atoms with Crippen molar-refractivity contribution in [2.24, 2.45) is 4.99 Å². The molecule has 3 aromatic rings. The second-order valence-corrected chi connectivity index (χ2v) is 6.39. The summed E-state index contributed by atoms with van der Waals surface area (Å²) >= 11 is 0. The number of guanidine groups is 1. The third-order valence-corrected chi connectivity index (χ3v) is 4.35. The molecule has 0 unspecified atom stereocenters. The molecule has 1 heterocycles. The van der Waals surface area contributed by atoms with Crippen LogP contribution in [0, 0.1) is 0 Å². The number of nitrogens with one attached hydrogen (secondary N) is 2. The van der Waals surface area contributed by atoms with E-state index < -0.39 is 5.97 Å². The van der Waals surface area contributed by atoms with Crippen LogP contribution in [0.5, 0.6) is 11.5 Å². The number of rotatable bonds is 6. The standard InChI is InChI=1S/C23H24N4O4/c1-16(28)31-27-23(25-15-19-20(29-2)12-7-13-21(19)30-3)26-22-18(11-8-14-24-22)17-9-5-4-6-10-17/h4-14H,15H2,1-3H3,(H2,24,25,26,27). The first-order chi connectivity index (χ1) is 15.1. The molecular weight excluding hydrogens is 396 g/mol. The Hall–Kier alpha value is -4.07. The van der Waals surface area contributed by atoms with Crippen molar-refractivity contribution in [2.45, 2.75) is 13.5 Å². The Bertz CT molecular complexity index is 1030. The van der Waals surface area contributed by atoms with Gasteiger partial charge in [0.2, 0.25) is 5.96 Å². The second-order valence-electron chi connectivity index (χ2n) is 6.39. The van der Waals surface area contributed by atoms with Gasteiger partial charge in [0, 0.05) is 18.7 Å². The second kappa shape index (κ2) is 10.6. The molecule has 3 rings (SSSR count). The molecule has 2 N–H and O–H groups in total. The number of methoxy groups -OCH3 is 2. The van der Waals surface area contributed by atoms with Crippen LogP contribution in [-0.4, -0.2) is 31.1 Å². The molecule has 160 valence electrons. The lowest BCUT2D eigenvalue weighted by molar-refractivity contribution is -0.145. The Labute approximate surface area is 180 Å². The summed E-state index contributed by atoms with van der Waals surface area (Å²) in [7, 11) is 3.16. The zero-order valence-electron chi connectivity index (χ0n) is 17.6. The molecule has 0 spiro atoms. The maximum absolute atomic E-state index is 11.3. The molecule has 0 aliphatic heterocycles. The van der Waals surface area contributed by atoms with Crippen molar-refractivity contribution in [3.8, 4) is 22.6 Å². The highest BCUT2D eigenvalue weighted by molar-refractivity contribution is 5.96. The lowest BCUT2D eigenvalue weighted by Gasteiger charge is -2.15. The van der Waals surface area contributed by atoms with Gasteiger partial charge in [0.15, 0.2) is 0 Å². The van der Waals surface area contributed by atoms with Crippen molar-refractivity contribution in [1.82, 2.24) is 10.5 Å². The number of anilines is 1. The molecule has 0 saturated carbocycles. The number of aromatic nitrogens is 1. The van der Waals surface area contributed by atoms with Crippen LogP contribution < -0.4 is 20.3 Å². The van der Waals surface area contributed by atoms with E-state index >= 15 is 0 Å². The summed E-state index contributed by atoms with van der Waals surface area (Å²) in [5, 5.41) is 3.12. The van der Waals surface area contributed by atoms with Crippen molar-refractivity contribution in [3.63, 3.8) is 0 Å². The number of hydrogen-bond acceptors (Lipinski definition) is 6. The number of carbonyl (C=O) groups is 1. The van der Waals surface area contributed by atoms with E-state index in [4.69, 9.17) is 14.3 Å². The lowest BCUT2D eigenvalue weighted by atomic mass is 10.1. The zero-order valence-corrected chi connectivity index (χ0v) is 17.6. The molecule has 2 aromatic carbocycles. The molecule has 0 fully saturated rings. The molecule has 0 aliphatic carbocycles. The summed E-state index contributed by atoms with van der Waals surface area (Å²) in [6.07, 6.45) is 1.67. The number of ether oxygens (including phenoxy) is 2. The number of pyridine rings is 1. The molecule has 0 bridgehead atoms. The average Bonchev–Trinajstić information content (AvgIpc) is 2.81. The van der Waals surface area contributed by atoms with Crippen molar-refractivity contribution >= 4 is 17.7 Å². The summed E-state index contributed by atoms with van der Waals surface area (Å²) in [6.45, 7) is 1.50. The Morgan fingerprint density at radius 3 is 2.32 bits per heavy atom. The quantitative estimate of drug-likeness (QED) is 0.356. The van der Waals surface area contributed by atoms with E-state index in [1.165, 1.54) is 6.92 Å². The summed E-state index contributed by atoms with van der Waals surface area (Å²) in [6, 6.07) is 19.1. The maximum Gasteiger partial charge on any atom is 0.329 e. The molecule has 8 nitrogen and oxygen atoms in total. The first-order valence-corrected chi connectivity index (χ1v) is 9.57. The van der Waals surface area contributed by atoms with E-state index in [0.717, 1.165) is 16.7 Å². The van der Waals surface area contributed by atoms with E-state index in [1.807, 2.05) is 60.7 Å². The van der Waals surface area contributed by atoms with Crippen molar-refractivity contribution in [2.75, 3.05) is 19.5 Å². The van der Waals surface area contributed by atoms with Crippen molar-refractivity contribution in [1.29, 1.82) is 0 Å². The number of nitrogens with zero attached hydrogens (tertiary/aromatic N) is 2. The molecule has 0 amide bonds. The highest BCUT2D eigenvalue weighted by Crippen LogP contribution is 2.29. The molecular formula is C23H24N4O4. The minimum absolute atomic E-state index is 0.206. The van der Waals surface area contributed by atoms with E-state index in [2.05, 4.69) is 20.8 Å². The molecule has 0 radical (unpaired) electrons. The van der Waals surface area contributed by atoms with Gasteiger partial charge in [0.05, 0.1) is 26.3 Å².